The van der Waals surface area contributed by atoms with E-state index in [9.17, 15) is 0 Å². The van der Waals surface area contributed by atoms with Gasteiger partial charge in [-0.25, -0.2) is 0 Å². The van der Waals surface area contributed by atoms with Crippen LogP contribution in [0.5, 0.6) is 0 Å². The summed E-state index contributed by atoms with van der Waals surface area (Å²) < 4.78 is 5.27. The van der Waals surface area contributed by atoms with Gasteiger partial charge in [-0.2, -0.15) is 0 Å². The third kappa shape index (κ3) is 3.52. The van der Waals surface area contributed by atoms with E-state index in [2.05, 4.69) is 20.8 Å². The number of hydrogen-bond acceptors (Lipinski definition) is 1. The molecule has 0 amide bonds. The van der Waals surface area contributed by atoms with Crippen LogP contribution in [0, 0.1) is 12.5 Å². The van der Waals surface area contributed by atoms with E-state index in [1.165, 1.54) is 6.42 Å². The van der Waals surface area contributed by atoms with E-state index in [4.69, 9.17) is 4.74 Å². The molecule has 1 heteroatoms. The van der Waals surface area contributed by atoms with Gasteiger partial charge in [0.2, 0.25) is 0 Å². The van der Waals surface area contributed by atoms with E-state index in [-0.39, 0.29) is 0 Å². The van der Waals surface area contributed by atoms with Crippen molar-refractivity contribution in [3.63, 3.8) is 0 Å². The molecule has 0 saturated heterocycles. The molecule has 0 N–H and O–H groups in total. The summed E-state index contributed by atoms with van der Waals surface area (Å²) in [6.45, 7) is 10.2. The lowest BCUT2D eigenvalue weighted by molar-refractivity contribution is 0.0780. The Bertz CT molecular complexity index is 61.6. The lowest BCUT2D eigenvalue weighted by Gasteiger charge is -2.16. The molecule has 2 atom stereocenters. The molecule has 1 radical (unpaired) electrons. The van der Waals surface area contributed by atoms with Gasteiger partial charge in [0, 0.05) is 0 Å². The summed E-state index contributed by atoms with van der Waals surface area (Å²) in [5.41, 5.74) is 0. The molecule has 0 aromatic heterocycles. The first-order valence-electron chi connectivity index (χ1n) is 3.65. The van der Waals surface area contributed by atoms with Crippen molar-refractivity contribution in [3.8, 4) is 0 Å². The van der Waals surface area contributed by atoms with Gasteiger partial charge >= 0.3 is 0 Å². The van der Waals surface area contributed by atoms with Gasteiger partial charge in [0.15, 0.2) is 0 Å². The molecule has 1 nitrogen and oxygen atoms in total. The lowest BCUT2D eigenvalue weighted by atomic mass is 10.0. The van der Waals surface area contributed by atoms with Crippen LogP contribution in [0.25, 0.3) is 0 Å². The molecule has 0 saturated carbocycles. The Morgan fingerprint density at radius 2 is 2.00 bits per heavy atom. The van der Waals surface area contributed by atoms with Crippen LogP contribution in [0.15, 0.2) is 0 Å². The minimum absolute atomic E-state index is 0.375. The van der Waals surface area contributed by atoms with Crippen molar-refractivity contribution >= 4 is 0 Å². The monoisotopic (exact) mass is 129 g/mol. The summed E-state index contributed by atoms with van der Waals surface area (Å²) in [7, 11) is 0. The standard InChI is InChI=1S/C8H17O/c1-5-7(3)8(4)9-6-2/h6-8H,5H2,1-4H3. The first kappa shape index (κ1) is 8.96. The highest BCUT2D eigenvalue weighted by Crippen LogP contribution is 2.10. The van der Waals surface area contributed by atoms with Gasteiger partial charge in [0.05, 0.1) is 12.7 Å². The zero-order valence-corrected chi connectivity index (χ0v) is 6.85. The molecule has 0 aliphatic rings. The molecule has 55 valence electrons. The van der Waals surface area contributed by atoms with Gasteiger partial charge in [-0.3, -0.25) is 0 Å². The largest absolute Gasteiger partial charge is 0.373 e. The van der Waals surface area contributed by atoms with E-state index < -0.39 is 0 Å². The minimum atomic E-state index is 0.375. The molecule has 0 bridgehead atoms. The van der Waals surface area contributed by atoms with E-state index in [1.54, 1.807) is 6.61 Å². The van der Waals surface area contributed by atoms with Crippen molar-refractivity contribution in [2.75, 3.05) is 0 Å². The smallest absolute Gasteiger partial charge is 0.0809 e. The van der Waals surface area contributed by atoms with Crippen LogP contribution in [-0.2, 0) is 4.74 Å². The molecular weight excluding hydrogens is 112 g/mol. The van der Waals surface area contributed by atoms with Gasteiger partial charge in [-0.05, 0) is 19.8 Å². The Balaban J connectivity index is 3.32. The van der Waals surface area contributed by atoms with Gasteiger partial charge in [-0.15, -0.1) is 0 Å². The second kappa shape index (κ2) is 4.80. The van der Waals surface area contributed by atoms with Crippen LogP contribution in [0.2, 0.25) is 0 Å². The summed E-state index contributed by atoms with van der Waals surface area (Å²) in [6, 6.07) is 0. The Labute approximate surface area is 58.4 Å². The molecule has 0 aliphatic carbocycles. The van der Waals surface area contributed by atoms with Crippen molar-refractivity contribution in [3.05, 3.63) is 6.61 Å². The molecule has 0 aromatic carbocycles. The molecule has 0 spiro atoms. The summed E-state index contributed by atoms with van der Waals surface area (Å²) in [5.74, 6) is 0.668. The van der Waals surface area contributed by atoms with Crippen LogP contribution in [0.3, 0.4) is 0 Å². The summed E-state index contributed by atoms with van der Waals surface area (Å²) in [4.78, 5) is 0. The average Bonchev–Trinajstić information content (AvgIpc) is 1.87. The predicted octanol–water partition coefficient (Wildman–Crippen LogP) is 2.62. The molecule has 0 aromatic rings. The van der Waals surface area contributed by atoms with Crippen LogP contribution in [0.4, 0.5) is 0 Å². The van der Waals surface area contributed by atoms with Crippen molar-refractivity contribution in [1.29, 1.82) is 0 Å². The Morgan fingerprint density at radius 1 is 1.44 bits per heavy atom. The first-order chi connectivity index (χ1) is 4.22. The molecule has 0 rings (SSSR count). The average molecular weight is 129 g/mol. The van der Waals surface area contributed by atoms with Crippen molar-refractivity contribution in [1.82, 2.24) is 0 Å². The van der Waals surface area contributed by atoms with E-state index in [0.29, 0.717) is 12.0 Å². The normalized spacial score (nSPS) is 17.3. The molecule has 0 heterocycles. The highest BCUT2D eigenvalue weighted by atomic mass is 16.5. The highest BCUT2D eigenvalue weighted by molar-refractivity contribution is 4.59. The lowest BCUT2D eigenvalue weighted by Crippen LogP contribution is -2.15. The summed E-state index contributed by atoms with van der Waals surface area (Å²) in [5, 5.41) is 0. The first-order valence-corrected chi connectivity index (χ1v) is 3.65. The third-order valence-corrected chi connectivity index (χ3v) is 1.80. The van der Waals surface area contributed by atoms with E-state index in [0.717, 1.165) is 0 Å². The quantitative estimate of drug-likeness (QED) is 0.567. The second-order valence-electron chi connectivity index (χ2n) is 2.46. The van der Waals surface area contributed by atoms with Gasteiger partial charge in [0.1, 0.15) is 0 Å². The zero-order valence-electron chi connectivity index (χ0n) is 6.85. The topological polar surface area (TPSA) is 9.23 Å². The van der Waals surface area contributed by atoms with Crippen LogP contribution in [-0.4, -0.2) is 6.10 Å². The van der Waals surface area contributed by atoms with E-state index in [1.807, 2.05) is 6.92 Å². The highest BCUT2D eigenvalue weighted by Gasteiger charge is 2.08. The Morgan fingerprint density at radius 3 is 2.33 bits per heavy atom. The van der Waals surface area contributed by atoms with Gasteiger partial charge < -0.3 is 4.74 Å². The van der Waals surface area contributed by atoms with Gasteiger partial charge in [0.25, 0.3) is 0 Å². The van der Waals surface area contributed by atoms with Crippen molar-refractivity contribution < 1.29 is 4.74 Å². The maximum atomic E-state index is 5.27. The van der Waals surface area contributed by atoms with E-state index >= 15 is 0 Å². The summed E-state index contributed by atoms with van der Waals surface area (Å²) >= 11 is 0. The predicted molar refractivity (Wildman–Crippen MR) is 40.0 cm³/mol. The fourth-order valence-electron chi connectivity index (χ4n) is 0.681. The molecule has 0 fully saturated rings. The van der Waals surface area contributed by atoms with Crippen LogP contribution < -0.4 is 0 Å². The molecule has 9 heavy (non-hydrogen) atoms. The SMILES string of the molecule is C[CH]OC(C)C(C)CC. The van der Waals surface area contributed by atoms with Gasteiger partial charge in [-0.1, -0.05) is 20.3 Å². The van der Waals surface area contributed by atoms with Crippen molar-refractivity contribution in [2.45, 2.75) is 40.2 Å². The number of ether oxygens (including phenoxy) is 1. The summed E-state index contributed by atoms with van der Waals surface area (Å²) in [6.07, 6.45) is 1.56. The number of hydrogen-bond donors (Lipinski definition) is 0. The fraction of sp³-hybridized carbons (Fsp3) is 0.875. The van der Waals surface area contributed by atoms with Crippen molar-refractivity contribution in [2.24, 2.45) is 5.92 Å². The molecular formula is C8H17O. The maximum Gasteiger partial charge on any atom is 0.0809 e. The fourth-order valence-corrected chi connectivity index (χ4v) is 0.681. The number of rotatable bonds is 4. The third-order valence-electron chi connectivity index (χ3n) is 1.80. The Hall–Kier alpha value is -0.0400. The van der Waals surface area contributed by atoms with Crippen LogP contribution >= 0.6 is 0 Å². The molecule has 2 unspecified atom stereocenters. The molecule has 0 aliphatic heterocycles. The van der Waals surface area contributed by atoms with Crippen LogP contribution in [0.1, 0.15) is 34.1 Å². The maximum absolute atomic E-state index is 5.27. The Kier molecular flexibility index (Phi) is 4.78. The zero-order chi connectivity index (χ0) is 7.28. The second-order valence-corrected chi connectivity index (χ2v) is 2.46. The minimum Gasteiger partial charge on any atom is -0.373 e.